The Morgan fingerprint density at radius 2 is 1.88 bits per heavy atom. The summed E-state index contributed by atoms with van der Waals surface area (Å²) in [5.41, 5.74) is 2.11. The standard InChI is InChI=1S/C13H13O3/c1-14-13-4-2-11(3-5-13)8-16-10-12-6-7-15-9-12/h2-6,9H,8,10H2,1H3. The van der Waals surface area contributed by atoms with Crippen LogP contribution in [-0.4, -0.2) is 7.11 Å². The smallest absolute Gasteiger partial charge is 0.169 e. The first kappa shape index (κ1) is 10.8. The van der Waals surface area contributed by atoms with Crippen LogP contribution in [0.2, 0.25) is 0 Å². The van der Waals surface area contributed by atoms with Gasteiger partial charge in [-0.15, -0.1) is 0 Å². The van der Waals surface area contributed by atoms with Gasteiger partial charge < -0.3 is 13.9 Å². The van der Waals surface area contributed by atoms with Gasteiger partial charge in [-0.25, -0.2) is 0 Å². The molecule has 3 heteroatoms. The normalized spacial score (nSPS) is 10.3. The van der Waals surface area contributed by atoms with Crippen molar-refractivity contribution in [2.75, 3.05) is 7.11 Å². The summed E-state index contributed by atoms with van der Waals surface area (Å²) in [6, 6.07) is 9.59. The fraction of sp³-hybridized carbons (Fsp3) is 0.231. The van der Waals surface area contributed by atoms with E-state index < -0.39 is 0 Å². The second-order valence-electron chi connectivity index (χ2n) is 3.41. The highest BCUT2D eigenvalue weighted by Gasteiger charge is 1.97. The zero-order valence-electron chi connectivity index (χ0n) is 9.10. The van der Waals surface area contributed by atoms with Crippen LogP contribution in [0, 0.1) is 6.26 Å². The fourth-order valence-electron chi connectivity index (χ4n) is 1.34. The summed E-state index contributed by atoms with van der Waals surface area (Å²) in [6.45, 7) is 1.12. The lowest BCUT2D eigenvalue weighted by atomic mass is 10.2. The van der Waals surface area contributed by atoms with Crippen LogP contribution in [-0.2, 0) is 18.0 Å². The van der Waals surface area contributed by atoms with Crippen molar-refractivity contribution in [2.45, 2.75) is 13.2 Å². The van der Waals surface area contributed by atoms with Gasteiger partial charge in [-0.1, -0.05) is 12.1 Å². The van der Waals surface area contributed by atoms with E-state index in [0.717, 1.165) is 16.9 Å². The quantitative estimate of drug-likeness (QED) is 0.771. The molecular weight excluding hydrogens is 204 g/mol. The Hall–Kier alpha value is -1.74. The first-order valence-electron chi connectivity index (χ1n) is 5.02. The molecule has 0 saturated heterocycles. The molecule has 2 rings (SSSR count). The van der Waals surface area contributed by atoms with Crippen LogP contribution in [0.5, 0.6) is 5.75 Å². The monoisotopic (exact) mass is 217 g/mol. The first-order valence-corrected chi connectivity index (χ1v) is 5.02. The van der Waals surface area contributed by atoms with E-state index in [-0.39, 0.29) is 0 Å². The van der Waals surface area contributed by atoms with E-state index in [0.29, 0.717) is 13.2 Å². The predicted octanol–water partition coefficient (Wildman–Crippen LogP) is 2.81. The van der Waals surface area contributed by atoms with E-state index in [9.17, 15) is 0 Å². The van der Waals surface area contributed by atoms with E-state index in [1.54, 1.807) is 19.4 Å². The number of ether oxygens (including phenoxy) is 2. The van der Waals surface area contributed by atoms with Crippen LogP contribution in [0.3, 0.4) is 0 Å². The topological polar surface area (TPSA) is 31.6 Å². The summed E-state index contributed by atoms with van der Waals surface area (Å²) < 4.78 is 15.4. The minimum Gasteiger partial charge on any atom is -0.497 e. The Morgan fingerprint density at radius 3 is 2.50 bits per heavy atom. The van der Waals surface area contributed by atoms with Gasteiger partial charge in [-0.05, 0) is 23.8 Å². The summed E-state index contributed by atoms with van der Waals surface area (Å²) in [7, 11) is 1.65. The highest BCUT2D eigenvalue weighted by molar-refractivity contribution is 5.26. The molecule has 1 aromatic carbocycles. The van der Waals surface area contributed by atoms with Crippen molar-refractivity contribution in [1.29, 1.82) is 0 Å². The van der Waals surface area contributed by atoms with Crippen LogP contribution >= 0.6 is 0 Å². The molecule has 1 radical (unpaired) electrons. The Labute approximate surface area is 94.6 Å². The Morgan fingerprint density at radius 1 is 1.12 bits per heavy atom. The van der Waals surface area contributed by atoms with Gasteiger partial charge in [-0.3, -0.25) is 0 Å². The average molecular weight is 217 g/mol. The maximum absolute atomic E-state index is 5.52. The Kier molecular flexibility index (Phi) is 3.62. The molecule has 3 nitrogen and oxygen atoms in total. The van der Waals surface area contributed by atoms with Crippen LogP contribution < -0.4 is 4.74 Å². The summed E-state index contributed by atoms with van der Waals surface area (Å²) in [4.78, 5) is 0. The third-order valence-electron chi connectivity index (χ3n) is 2.22. The van der Waals surface area contributed by atoms with Gasteiger partial charge in [0.15, 0.2) is 6.26 Å². The molecular formula is C13H13O3. The molecule has 0 aliphatic heterocycles. The molecule has 0 amide bonds. The maximum atomic E-state index is 5.52. The van der Waals surface area contributed by atoms with Gasteiger partial charge in [0.2, 0.25) is 0 Å². The molecule has 1 aromatic heterocycles. The molecule has 83 valence electrons. The van der Waals surface area contributed by atoms with Crippen LogP contribution in [0.4, 0.5) is 0 Å². The van der Waals surface area contributed by atoms with Crippen molar-refractivity contribution in [1.82, 2.24) is 0 Å². The maximum Gasteiger partial charge on any atom is 0.169 e. The second kappa shape index (κ2) is 5.37. The van der Waals surface area contributed by atoms with Crippen LogP contribution in [0.15, 0.2) is 41.0 Å². The molecule has 0 saturated carbocycles. The first-order chi connectivity index (χ1) is 7.88. The van der Waals surface area contributed by atoms with Crippen molar-refractivity contribution >= 4 is 0 Å². The molecule has 0 fully saturated rings. The van der Waals surface area contributed by atoms with Gasteiger partial charge in [-0.2, -0.15) is 0 Å². The molecule has 0 unspecified atom stereocenters. The van der Waals surface area contributed by atoms with Gasteiger partial charge in [0, 0.05) is 5.56 Å². The molecule has 0 aliphatic carbocycles. The summed E-state index contributed by atoms with van der Waals surface area (Å²) in [5, 5.41) is 0. The summed E-state index contributed by atoms with van der Waals surface area (Å²) in [6.07, 6.45) is 4.25. The zero-order chi connectivity index (χ0) is 11.2. The molecule has 0 N–H and O–H groups in total. The second-order valence-corrected chi connectivity index (χ2v) is 3.41. The molecule has 0 bridgehead atoms. The van der Waals surface area contributed by atoms with Crippen LogP contribution in [0.1, 0.15) is 11.1 Å². The fourth-order valence-corrected chi connectivity index (χ4v) is 1.34. The number of benzene rings is 1. The van der Waals surface area contributed by atoms with E-state index >= 15 is 0 Å². The van der Waals surface area contributed by atoms with Gasteiger partial charge >= 0.3 is 0 Å². The SMILES string of the molecule is COc1ccc(COCc2c[c]oc2)cc1. The summed E-state index contributed by atoms with van der Waals surface area (Å²) in [5.74, 6) is 0.855. The van der Waals surface area contributed by atoms with Crippen molar-refractivity contribution in [3.8, 4) is 5.75 Å². The zero-order valence-corrected chi connectivity index (χ0v) is 9.10. The molecule has 0 atom stereocenters. The molecule has 16 heavy (non-hydrogen) atoms. The molecule has 2 aromatic rings. The number of rotatable bonds is 5. The highest BCUT2D eigenvalue weighted by Crippen LogP contribution is 2.12. The van der Waals surface area contributed by atoms with Gasteiger partial charge in [0.1, 0.15) is 5.75 Å². The number of furan rings is 1. The lowest BCUT2D eigenvalue weighted by molar-refractivity contribution is 0.106. The van der Waals surface area contributed by atoms with Crippen molar-refractivity contribution in [3.63, 3.8) is 0 Å². The minimum atomic E-state index is 0.541. The van der Waals surface area contributed by atoms with E-state index in [2.05, 4.69) is 6.26 Å². The summed E-state index contributed by atoms with van der Waals surface area (Å²) >= 11 is 0. The van der Waals surface area contributed by atoms with Crippen molar-refractivity contribution in [3.05, 3.63) is 54.0 Å². The number of hydrogen-bond donors (Lipinski definition) is 0. The van der Waals surface area contributed by atoms with E-state index in [4.69, 9.17) is 13.9 Å². The van der Waals surface area contributed by atoms with Crippen molar-refractivity contribution < 1.29 is 13.9 Å². The lowest BCUT2D eigenvalue weighted by Gasteiger charge is -2.04. The average Bonchev–Trinajstić information content (AvgIpc) is 2.83. The van der Waals surface area contributed by atoms with Gasteiger partial charge in [0.25, 0.3) is 0 Å². The van der Waals surface area contributed by atoms with Crippen LogP contribution in [0.25, 0.3) is 0 Å². The predicted molar refractivity (Wildman–Crippen MR) is 59.0 cm³/mol. The molecule has 0 spiro atoms. The lowest BCUT2D eigenvalue weighted by Crippen LogP contribution is -1.93. The minimum absolute atomic E-state index is 0.541. The van der Waals surface area contributed by atoms with E-state index in [1.165, 1.54) is 0 Å². The Bertz CT molecular complexity index is 403. The third kappa shape index (κ3) is 2.87. The van der Waals surface area contributed by atoms with Gasteiger partial charge in [0.05, 0.1) is 26.6 Å². The van der Waals surface area contributed by atoms with Crippen molar-refractivity contribution in [2.24, 2.45) is 0 Å². The van der Waals surface area contributed by atoms with E-state index in [1.807, 2.05) is 24.3 Å². The number of hydrogen-bond acceptors (Lipinski definition) is 3. The third-order valence-corrected chi connectivity index (χ3v) is 2.22. The largest absolute Gasteiger partial charge is 0.497 e. The highest BCUT2D eigenvalue weighted by atomic mass is 16.5. The molecule has 1 heterocycles. The Balaban J connectivity index is 1.81. The molecule has 0 aliphatic rings. The number of methoxy groups -OCH3 is 1.